The third-order valence-corrected chi connectivity index (χ3v) is 6.90. The van der Waals surface area contributed by atoms with Gasteiger partial charge in [0, 0.05) is 12.2 Å². The molecule has 1 aliphatic rings. The van der Waals surface area contributed by atoms with Crippen LogP contribution in [0.25, 0.3) is 0 Å². The molecule has 1 atom stereocenters. The molecule has 0 radical (unpaired) electrons. The summed E-state index contributed by atoms with van der Waals surface area (Å²) >= 11 is 0. The molecule has 1 saturated heterocycles. The van der Waals surface area contributed by atoms with Crippen LogP contribution in [-0.2, 0) is 19.6 Å². The van der Waals surface area contributed by atoms with E-state index in [1.165, 1.54) is 28.6 Å². The predicted molar refractivity (Wildman–Crippen MR) is 123 cm³/mol. The van der Waals surface area contributed by atoms with E-state index in [0.29, 0.717) is 19.3 Å². The van der Waals surface area contributed by atoms with Gasteiger partial charge in [0.15, 0.2) is 0 Å². The van der Waals surface area contributed by atoms with E-state index in [1.807, 2.05) is 0 Å². The largest absolute Gasteiger partial charge is 0.444 e. The number of nitrogens with zero attached hydrogens (tertiary/aromatic N) is 1. The Kier molecular flexibility index (Phi) is 7.38. The van der Waals surface area contributed by atoms with Crippen LogP contribution in [0.4, 0.5) is 20.6 Å². The highest BCUT2D eigenvalue weighted by Gasteiger charge is 2.37. The number of halogens is 1. The number of nitrogens with one attached hydrogen (secondary N) is 2. The number of hydrogen-bond acceptors (Lipinski definition) is 5. The van der Waals surface area contributed by atoms with Crippen molar-refractivity contribution in [2.24, 2.45) is 0 Å². The maximum Gasteiger partial charge on any atom is 0.412 e. The molecule has 10 heteroatoms. The average Bonchev–Trinajstić information content (AvgIpc) is 2.75. The Morgan fingerprint density at radius 2 is 1.76 bits per heavy atom. The summed E-state index contributed by atoms with van der Waals surface area (Å²) in [5.41, 5.74) is -0.712. The normalized spacial score (nSPS) is 17.3. The van der Waals surface area contributed by atoms with E-state index in [1.54, 1.807) is 39.0 Å². The zero-order chi connectivity index (χ0) is 24.2. The summed E-state index contributed by atoms with van der Waals surface area (Å²) in [7, 11) is -3.86. The third-order valence-electron chi connectivity index (χ3n) is 4.98. The molecular weight excluding hydrogens is 449 g/mol. The van der Waals surface area contributed by atoms with Crippen LogP contribution in [0.1, 0.15) is 40.0 Å². The molecule has 0 aromatic heterocycles. The maximum absolute atomic E-state index is 14.2. The second-order valence-electron chi connectivity index (χ2n) is 8.75. The van der Waals surface area contributed by atoms with E-state index in [4.69, 9.17) is 4.74 Å². The van der Waals surface area contributed by atoms with Crippen LogP contribution in [-0.4, -0.2) is 42.9 Å². The van der Waals surface area contributed by atoms with Crippen LogP contribution in [0.15, 0.2) is 53.4 Å². The number of piperidine rings is 1. The van der Waals surface area contributed by atoms with Gasteiger partial charge in [0.2, 0.25) is 15.9 Å². The summed E-state index contributed by atoms with van der Waals surface area (Å²) in [4.78, 5) is 25.1. The molecule has 1 unspecified atom stereocenters. The smallest absolute Gasteiger partial charge is 0.412 e. The molecule has 8 nitrogen and oxygen atoms in total. The molecule has 33 heavy (non-hydrogen) atoms. The average molecular weight is 478 g/mol. The standard InChI is InChI=1S/C23H28FN3O5S/c1-23(2,3)32-22(29)26-19-15-16(12-13-18(19)24)25-21(28)20-11-7-8-14-27(20)33(30,31)17-9-5-4-6-10-17/h4-6,9-10,12-13,15,20H,7-8,11,14H2,1-3H3,(H,25,28)(H,26,29). The fourth-order valence-electron chi connectivity index (χ4n) is 3.52. The molecule has 0 spiro atoms. The molecule has 2 aromatic rings. The van der Waals surface area contributed by atoms with E-state index in [9.17, 15) is 22.4 Å². The van der Waals surface area contributed by atoms with Crippen LogP contribution >= 0.6 is 0 Å². The van der Waals surface area contributed by atoms with Gasteiger partial charge in [-0.1, -0.05) is 24.6 Å². The van der Waals surface area contributed by atoms with Gasteiger partial charge in [0.1, 0.15) is 17.5 Å². The topological polar surface area (TPSA) is 105 Å². The van der Waals surface area contributed by atoms with Gasteiger partial charge in [-0.05, 0) is 63.9 Å². The number of carbonyl (C=O) groups excluding carboxylic acids is 2. The van der Waals surface area contributed by atoms with E-state index >= 15 is 0 Å². The number of rotatable bonds is 5. The number of benzene rings is 2. The van der Waals surface area contributed by atoms with Crippen molar-refractivity contribution in [1.82, 2.24) is 4.31 Å². The number of anilines is 2. The SMILES string of the molecule is CC(C)(C)OC(=O)Nc1cc(NC(=O)C2CCCCN2S(=O)(=O)c2ccccc2)ccc1F. The number of amides is 2. The minimum Gasteiger partial charge on any atom is -0.444 e. The van der Waals surface area contributed by atoms with E-state index in [-0.39, 0.29) is 22.8 Å². The van der Waals surface area contributed by atoms with E-state index < -0.39 is 39.5 Å². The zero-order valence-electron chi connectivity index (χ0n) is 18.8. The lowest BCUT2D eigenvalue weighted by atomic mass is 10.0. The second kappa shape index (κ2) is 9.88. The minimum absolute atomic E-state index is 0.121. The quantitative estimate of drug-likeness (QED) is 0.666. The Hall–Kier alpha value is -2.98. The van der Waals surface area contributed by atoms with Crippen molar-refractivity contribution >= 4 is 33.4 Å². The lowest BCUT2D eigenvalue weighted by Crippen LogP contribution is -2.49. The van der Waals surface area contributed by atoms with Crippen LogP contribution in [0.5, 0.6) is 0 Å². The van der Waals surface area contributed by atoms with Crippen LogP contribution in [0.3, 0.4) is 0 Å². The monoisotopic (exact) mass is 477 g/mol. The predicted octanol–water partition coefficient (Wildman–Crippen LogP) is 4.35. The Labute approximate surface area is 193 Å². The molecule has 2 amide bonds. The van der Waals surface area contributed by atoms with Gasteiger partial charge in [-0.3, -0.25) is 10.1 Å². The van der Waals surface area contributed by atoms with Crippen molar-refractivity contribution in [3.05, 3.63) is 54.3 Å². The molecule has 0 bridgehead atoms. The van der Waals surface area contributed by atoms with Gasteiger partial charge >= 0.3 is 6.09 Å². The first-order valence-electron chi connectivity index (χ1n) is 10.6. The van der Waals surface area contributed by atoms with E-state index in [0.717, 1.165) is 6.07 Å². The summed E-state index contributed by atoms with van der Waals surface area (Å²) in [5.74, 6) is -1.23. The molecule has 178 valence electrons. The fraction of sp³-hybridized carbons (Fsp3) is 0.391. The zero-order valence-corrected chi connectivity index (χ0v) is 19.6. The Morgan fingerprint density at radius 1 is 1.06 bits per heavy atom. The number of sulfonamides is 1. The molecule has 1 heterocycles. The van der Waals surface area contributed by atoms with Crippen molar-refractivity contribution in [3.63, 3.8) is 0 Å². The van der Waals surface area contributed by atoms with Crippen molar-refractivity contribution in [3.8, 4) is 0 Å². The molecule has 1 fully saturated rings. The van der Waals surface area contributed by atoms with Crippen molar-refractivity contribution in [1.29, 1.82) is 0 Å². The van der Waals surface area contributed by atoms with Gasteiger partial charge in [0.05, 0.1) is 10.6 Å². The van der Waals surface area contributed by atoms with Gasteiger partial charge < -0.3 is 10.1 Å². The third kappa shape index (κ3) is 6.29. The van der Waals surface area contributed by atoms with Gasteiger partial charge in [-0.2, -0.15) is 4.31 Å². The highest BCUT2D eigenvalue weighted by molar-refractivity contribution is 7.89. The number of carbonyl (C=O) groups is 2. The fourth-order valence-corrected chi connectivity index (χ4v) is 5.20. The lowest BCUT2D eigenvalue weighted by molar-refractivity contribution is -0.120. The molecular formula is C23H28FN3O5S. The van der Waals surface area contributed by atoms with Crippen LogP contribution < -0.4 is 10.6 Å². The Bertz CT molecular complexity index is 1120. The van der Waals surface area contributed by atoms with Crippen molar-refractivity contribution in [2.45, 2.75) is 56.6 Å². The van der Waals surface area contributed by atoms with Crippen LogP contribution in [0.2, 0.25) is 0 Å². The summed E-state index contributed by atoms with van der Waals surface area (Å²) in [6.07, 6.45) is 0.879. The van der Waals surface area contributed by atoms with Crippen LogP contribution in [0, 0.1) is 5.82 Å². The molecule has 3 rings (SSSR count). The van der Waals surface area contributed by atoms with Crippen molar-refractivity contribution in [2.75, 3.05) is 17.2 Å². The van der Waals surface area contributed by atoms with Gasteiger partial charge in [-0.15, -0.1) is 0 Å². The summed E-state index contributed by atoms with van der Waals surface area (Å²) in [6, 6.07) is 10.8. The second-order valence-corrected chi connectivity index (χ2v) is 10.6. The van der Waals surface area contributed by atoms with Gasteiger partial charge in [0.25, 0.3) is 0 Å². The first-order chi connectivity index (χ1) is 15.5. The molecule has 2 aromatic carbocycles. The molecule has 0 aliphatic carbocycles. The first kappa shape index (κ1) is 24.7. The molecule has 1 aliphatic heterocycles. The minimum atomic E-state index is -3.86. The molecule has 0 saturated carbocycles. The highest BCUT2D eigenvalue weighted by atomic mass is 32.2. The maximum atomic E-state index is 14.2. The lowest BCUT2D eigenvalue weighted by Gasteiger charge is -2.33. The summed E-state index contributed by atoms with van der Waals surface area (Å²) < 4.78 is 46.8. The van der Waals surface area contributed by atoms with E-state index in [2.05, 4.69) is 10.6 Å². The summed E-state index contributed by atoms with van der Waals surface area (Å²) in [5, 5.41) is 4.97. The summed E-state index contributed by atoms with van der Waals surface area (Å²) in [6.45, 7) is 5.27. The number of ether oxygens (including phenoxy) is 1. The Morgan fingerprint density at radius 3 is 2.42 bits per heavy atom. The van der Waals surface area contributed by atoms with Gasteiger partial charge in [-0.25, -0.2) is 17.6 Å². The van der Waals surface area contributed by atoms with Crippen molar-refractivity contribution < 1.29 is 27.1 Å². The highest BCUT2D eigenvalue weighted by Crippen LogP contribution is 2.27. The number of hydrogen-bond donors (Lipinski definition) is 2. The first-order valence-corrected chi connectivity index (χ1v) is 12.1. The molecule has 2 N–H and O–H groups in total. The Balaban J connectivity index is 1.77.